The Labute approximate surface area is 141 Å². The Bertz CT molecular complexity index is 721. The number of amides is 1. The van der Waals surface area contributed by atoms with Crippen LogP contribution in [0.1, 0.15) is 16.7 Å². The number of hydroxylamine groups is 1. The van der Waals surface area contributed by atoms with E-state index in [0.717, 1.165) is 28.5 Å². The van der Waals surface area contributed by atoms with Crippen molar-refractivity contribution < 1.29 is 14.7 Å². The van der Waals surface area contributed by atoms with Gasteiger partial charge in [-0.25, -0.2) is 0 Å². The minimum Gasteiger partial charge on any atom is -0.489 e. The number of nitrogens with zero attached hydrogens (tertiary/aromatic N) is 1. The first kappa shape index (κ1) is 17.4. The lowest BCUT2D eigenvalue weighted by molar-refractivity contribution is 0.223. The molecule has 0 fully saturated rings. The van der Waals surface area contributed by atoms with Crippen LogP contribution in [0.4, 0.5) is 10.5 Å². The van der Waals surface area contributed by atoms with Gasteiger partial charge < -0.3 is 4.74 Å². The molecule has 2 aromatic carbocycles. The summed E-state index contributed by atoms with van der Waals surface area (Å²) < 4.78 is 5.83. The Hall–Kier alpha value is -1.92. The molecule has 4 nitrogen and oxygen atoms in total. The van der Waals surface area contributed by atoms with Gasteiger partial charge in [-0.15, -0.1) is 0 Å². The van der Waals surface area contributed by atoms with E-state index in [1.807, 2.05) is 44.2 Å². The molecule has 23 heavy (non-hydrogen) atoms. The molecule has 2 aromatic rings. The highest BCUT2D eigenvalue weighted by atomic mass is 32.2. The first-order valence-corrected chi connectivity index (χ1v) is 8.31. The minimum atomic E-state index is -0.441. The second kappa shape index (κ2) is 7.57. The molecule has 0 aliphatic rings. The Morgan fingerprint density at radius 3 is 2.65 bits per heavy atom. The summed E-state index contributed by atoms with van der Waals surface area (Å²) in [7, 11) is 5.73. The molecule has 0 aliphatic heterocycles. The van der Waals surface area contributed by atoms with E-state index in [2.05, 4.69) is 0 Å². The van der Waals surface area contributed by atoms with E-state index in [1.165, 1.54) is 0 Å². The van der Waals surface area contributed by atoms with Crippen LogP contribution in [0.15, 0.2) is 36.4 Å². The summed E-state index contributed by atoms with van der Waals surface area (Å²) in [6, 6.07) is 10.9. The van der Waals surface area contributed by atoms with Crippen molar-refractivity contribution in [2.45, 2.75) is 20.5 Å². The third kappa shape index (κ3) is 4.09. The molecule has 0 bridgehead atoms. The molecule has 0 atom stereocenters. The lowest BCUT2D eigenvalue weighted by atomic mass is 9.94. The van der Waals surface area contributed by atoms with Gasteiger partial charge in [0.2, 0.25) is 0 Å². The number of thioether (sulfide) groups is 1. The number of hydrogen-bond acceptors (Lipinski definition) is 4. The zero-order chi connectivity index (χ0) is 17.0. The quantitative estimate of drug-likeness (QED) is 0.531. The molecular formula is C17H18BNO3S. The first-order valence-electron chi connectivity index (χ1n) is 7.08. The average molecular weight is 327 g/mol. The van der Waals surface area contributed by atoms with Crippen molar-refractivity contribution in [3.63, 3.8) is 0 Å². The normalized spacial score (nSPS) is 10.4. The largest absolute Gasteiger partial charge is 0.489 e. The van der Waals surface area contributed by atoms with Gasteiger partial charge >= 0.3 is 5.24 Å². The summed E-state index contributed by atoms with van der Waals surface area (Å²) in [6.07, 6.45) is 1.62. The number of anilines is 1. The first-order chi connectivity index (χ1) is 10.9. The van der Waals surface area contributed by atoms with E-state index in [4.69, 9.17) is 12.6 Å². The molecule has 0 aliphatic carbocycles. The average Bonchev–Trinajstić information content (AvgIpc) is 2.52. The SMILES string of the molecule is [B]c1ccc(OCc2cccc(C)c2N(O)C(=O)SC)c(C)c1. The highest BCUT2D eigenvalue weighted by Gasteiger charge is 2.18. The van der Waals surface area contributed by atoms with E-state index in [9.17, 15) is 10.0 Å². The number of carbonyl (C=O) groups excluding carboxylic acids is 1. The van der Waals surface area contributed by atoms with Crippen LogP contribution in [0.3, 0.4) is 0 Å². The molecule has 2 radical (unpaired) electrons. The van der Waals surface area contributed by atoms with Crippen LogP contribution in [0.25, 0.3) is 0 Å². The maximum absolute atomic E-state index is 11.8. The maximum atomic E-state index is 11.8. The predicted molar refractivity (Wildman–Crippen MR) is 95.3 cm³/mol. The number of rotatable bonds is 4. The topological polar surface area (TPSA) is 49.8 Å². The number of ether oxygens (including phenoxy) is 1. The van der Waals surface area contributed by atoms with Gasteiger partial charge in [-0.1, -0.05) is 47.6 Å². The third-order valence-corrected chi connectivity index (χ3v) is 3.99. The van der Waals surface area contributed by atoms with Gasteiger partial charge in [0.1, 0.15) is 20.2 Å². The van der Waals surface area contributed by atoms with Gasteiger partial charge in [0.25, 0.3) is 0 Å². The van der Waals surface area contributed by atoms with Crippen LogP contribution in [0.2, 0.25) is 0 Å². The van der Waals surface area contributed by atoms with Crippen molar-refractivity contribution in [2.75, 3.05) is 11.3 Å². The van der Waals surface area contributed by atoms with Crippen molar-refractivity contribution in [3.05, 3.63) is 53.1 Å². The highest BCUT2D eigenvalue weighted by Crippen LogP contribution is 2.28. The lowest BCUT2D eigenvalue weighted by Gasteiger charge is -2.20. The summed E-state index contributed by atoms with van der Waals surface area (Å²) in [6.45, 7) is 3.99. The maximum Gasteiger partial charge on any atom is 0.309 e. The second-order valence-electron chi connectivity index (χ2n) is 5.18. The molecule has 118 valence electrons. The molecule has 0 saturated heterocycles. The number of para-hydroxylation sites is 1. The van der Waals surface area contributed by atoms with Gasteiger partial charge in [0, 0.05) is 5.56 Å². The molecule has 1 N–H and O–H groups in total. The lowest BCUT2D eigenvalue weighted by Crippen LogP contribution is -2.25. The summed E-state index contributed by atoms with van der Waals surface area (Å²) in [5.74, 6) is 0.715. The van der Waals surface area contributed by atoms with Gasteiger partial charge in [0.05, 0.1) is 5.69 Å². The number of hydrogen-bond donors (Lipinski definition) is 1. The van der Waals surface area contributed by atoms with Crippen molar-refractivity contribution in [1.29, 1.82) is 0 Å². The van der Waals surface area contributed by atoms with E-state index in [0.29, 0.717) is 22.0 Å². The second-order valence-corrected chi connectivity index (χ2v) is 5.94. The molecule has 0 aromatic heterocycles. The molecule has 6 heteroatoms. The summed E-state index contributed by atoms with van der Waals surface area (Å²) in [5.41, 5.74) is 3.59. The highest BCUT2D eigenvalue weighted by molar-refractivity contribution is 8.13. The monoisotopic (exact) mass is 327 g/mol. The summed E-state index contributed by atoms with van der Waals surface area (Å²) in [5, 5.41) is 10.4. The number of benzene rings is 2. The minimum absolute atomic E-state index is 0.237. The summed E-state index contributed by atoms with van der Waals surface area (Å²) >= 11 is 0.946. The molecule has 0 spiro atoms. The Morgan fingerprint density at radius 1 is 1.26 bits per heavy atom. The van der Waals surface area contributed by atoms with Crippen molar-refractivity contribution in [1.82, 2.24) is 0 Å². The van der Waals surface area contributed by atoms with Gasteiger partial charge in [0.15, 0.2) is 0 Å². The Morgan fingerprint density at radius 2 is 2.00 bits per heavy atom. The fourth-order valence-corrected chi connectivity index (χ4v) is 2.57. The Balaban J connectivity index is 2.26. The number of carbonyl (C=O) groups is 1. The number of aryl methyl sites for hydroxylation is 2. The molecule has 0 unspecified atom stereocenters. The van der Waals surface area contributed by atoms with Crippen molar-refractivity contribution >= 4 is 36.0 Å². The van der Waals surface area contributed by atoms with Crippen LogP contribution in [-0.2, 0) is 6.61 Å². The van der Waals surface area contributed by atoms with Gasteiger partial charge in [-0.2, -0.15) is 5.06 Å². The van der Waals surface area contributed by atoms with Crippen LogP contribution in [0.5, 0.6) is 5.75 Å². The molecule has 1 amide bonds. The fourth-order valence-electron chi connectivity index (χ4n) is 2.31. The molecular weight excluding hydrogens is 309 g/mol. The smallest absolute Gasteiger partial charge is 0.309 e. The van der Waals surface area contributed by atoms with E-state index >= 15 is 0 Å². The van der Waals surface area contributed by atoms with Crippen molar-refractivity contribution in [3.8, 4) is 5.75 Å². The van der Waals surface area contributed by atoms with Crippen LogP contribution < -0.4 is 15.3 Å². The van der Waals surface area contributed by atoms with Crippen LogP contribution >= 0.6 is 11.8 Å². The third-order valence-electron chi connectivity index (χ3n) is 3.46. The fraction of sp³-hybridized carbons (Fsp3) is 0.235. The van der Waals surface area contributed by atoms with E-state index in [1.54, 1.807) is 12.3 Å². The van der Waals surface area contributed by atoms with Gasteiger partial charge in [-0.3, -0.25) is 10.0 Å². The van der Waals surface area contributed by atoms with Crippen molar-refractivity contribution in [2.24, 2.45) is 0 Å². The molecule has 0 saturated carbocycles. The van der Waals surface area contributed by atoms with Crippen LogP contribution in [0, 0.1) is 13.8 Å². The molecule has 0 heterocycles. The molecule has 2 rings (SSSR count). The Kier molecular flexibility index (Phi) is 5.74. The van der Waals surface area contributed by atoms with E-state index < -0.39 is 5.24 Å². The van der Waals surface area contributed by atoms with Gasteiger partial charge in [-0.05, 0) is 37.3 Å². The summed E-state index contributed by atoms with van der Waals surface area (Å²) in [4.78, 5) is 11.8. The standard InChI is InChI=1S/C17H18BNO3S/c1-11-5-4-6-13(16(11)19(21)17(20)23-3)10-22-15-8-7-14(18)9-12(15)2/h4-9,21H,10H2,1-3H3. The van der Waals surface area contributed by atoms with E-state index in [-0.39, 0.29) is 6.61 Å². The predicted octanol–water partition coefficient (Wildman–Crippen LogP) is 3.35. The zero-order valence-electron chi connectivity index (χ0n) is 13.4. The zero-order valence-corrected chi connectivity index (χ0v) is 14.2. The van der Waals surface area contributed by atoms with Crippen LogP contribution in [-0.4, -0.2) is 24.5 Å².